The highest BCUT2D eigenvalue weighted by Gasteiger charge is 2.40. The number of halogens is 1. The van der Waals surface area contributed by atoms with Crippen molar-refractivity contribution >= 4 is 49.9 Å². The van der Waals surface area contributed by atoms with Crippen molar-refractivity contribution in [1.29, 1.82) is 0 Å². The van der Waals surface area contributed by atoms with E-state index in [9.17, 15) is 18.0 Å². The highest BCUT2D eigenvalue weighted by Crippen LogP contribution is 2.28. The maximum Gasteiger partial charge on any atom is 0.249 e. The van der Waals surface area contributed by atoms with Gasteiger partial charge in [0.15, 0.2) is 0 Å². The molecule has 10 heteroatoms. The van der Waals surface area contributed by atoms with E-state index < -0.39 is 28.0 Å². The lowest BCUT2D eigenvalue weighted by Crippen LogP contribution is -2.51. The van der Waals surface area contributed by atoms with Crippen molar-refractivity contribution in [3.8, 4) is 0 Å². The summed E-state index contributed by atoms with van der Waals surface area (Å²) in [7, 11) is -3.94. The second-order valence-corrected chi connectivity index (χ2v) is 11.1. The van der Waals surface area contributed by atoms with Crippen LogP contribution < -0.4 is 9.62 Å². The molecule has 3 aromatic rings. The number of aromatic nitrogens is 1. The first-order valence-electron chi connectivity index (χ1n) is 11.5. The third kappa shape index (κ3) is 4.51. The Kier molecular flexibility index (Phi) is 6.25. The van der Waals surface area contributed by atoms with Crippen molar-refractivity contribution in [2.45, 2.75) is 43.2 Å². The average Bonchev–Trinajstić information content (AvgIpc) is 3.21. The smallest absolute Gasteiger partial charge is 0.249 e. The number of hydrogen-bond acceptors (Lipinski definition) is 5. The number of fused-ring (bicyclic) bond motifs is 2. The minimum absolute atomic E-state index is 0.0706. The Hall–Kier alpha value is -3.01. The number of rotatable bonds is 5. The molecule has 8 nitrogen and oxygen atoms in total. The lowest BCUT2D eigenvalue weighted by molar-refractivity contribution is -0.136. The number of anilines is 1. The van der Waals surface area contributed by atoms with Crippen LogP contribution in [0.5, 0.6) is 0 Å². The number of nitrogens with one attached hydrogen (secondary N) is 1. The van der Waals surface area contributed by atoms with Gasteiger partial charge in [-0.25, -0.2) is 8.42 Å². The topological polar surface area (TPSA) is 99.7 Å². The van der Waals surface area contributed by atoms with E-state index in [0.717, 1.165) is 34.9 Å². The van der Waals surface area contributed by atoms with Gasteiger partial charge in [0.2, 0.25) is 21.8 Å². The first-order chi connectivity index (χ1) is 16.7. The van der Waals surface area contributed by atoms with Crippen molar-refractivity contribution in [3.05, 3.63) is 65.4 Å². The van der Waals surface area contributed by atoms with Crippen LogP contribution in [0.2, 0.25) is 5.02 Å². The fourth-order valence-corrected chi connectivity index (χ4v) is 6.26. The van der Waals surface area contributed by atoms with Gasteiger partial charge in [0.25, 0.3) is 0 Å². The van der Waals surface area contributed by atoms with Crippen LogP contribution in [-0.2, 0) is 26.0 Å². The van der Waals surface area contributed by atoms with Crippen LogP contribution in [0, 0.1) is 0 Å². The summed E-state index contributed by atoms with van der Waals surface area (Å²) in [5.41, 5.74) is 1.83. The monoisotopic (exact) mass is 512 g/mol. The standard InChI is InChI=1S/C25H25ClN4O4S/c1-16(24(31)30-11-2-3-19-15-27-10-8-23(19)30)29-12-9-22(25(29)32)28-35(33,34)21-7-5-17-13-20(26)6-4-18(17)14-21/h4-8,10,13-16,22,28H,2-3,9,11-12H2,1H3/t16-,22-/m0/s1. The number of hydrogen-bond donors (Lipinski definition) is 1. The van der Waals surface area contributed by atoms with Crippen LogP contribution in [0.15, 0.2) is 59.8 Å². The van der Waals surface area contributed by atoms with Gasteiger partial charge in [0.1, 0.15) is 12.1 Å². The normalized spacial score (nSPS) is 19.1. The summed E-state index contributed by atoms with van der Waals surface area (Å²) in [6.07, 6.45) is 5.40. The van der Waals surface area contributed by atoms with Gasteiger partial charge in [-0.2, -0.15) is 4.72 Å². The molecule has 3 heterocycles. The quantitative estimate of drug-likeness (QED) is 0.566. The molecule has 2 aromatic carbocycles. The predicted molar refractivity (Wildman–Crippen MR) is 134 cm³/mol. The van der Waals surface area contributed by atoms with Crippen molar-refractivity contribution < 1.29 is 18.0 Å². The first kappa shape index (κ1) is 23.7. The van der Waals surface area contributed by atoms with Gasteiger partial charge in [-0.1, -0.05) is 23.7 Å². The Balaban J connectivity index is 1.30. The highest BCUT2D eigenvalue weighted by atomic mass is 35.5. The van der Waals surface area contributed by atoms with E-state index in [1.54, 1.807) is 54.5 Å². The number of sulfonamides is 1. The molecule has 0 aliphatic carbocycles. The van der Waals surface area contributed by atoms with E-state index >= 15 is 0 Å². The van der Waals surface area contributed by atoms with E-state index in [0.29, 0.717) is 24.5 Å². The number of aryl methyl sites for hydroxylation is 1. The summed E-state index contributed by atoms with van der Waals surface area (Å²) >= 11 is 6.01. The number of amides is 2. The molecule has 1 aromatic heterocycles. The third-order valence-corrected chi connectivity index (χ3v) is 8.41. The number of nitrogens with zero attached hydrogens (tertiary/aromatic N) is 3. The van der Waals surface area contributed by atoms with E-state index in [4.69, 9.17) is 11.6 Å². The number of likely N-dealkylation sites (tertiary alicyclic amines) is 1. The minimum Gasteiger partial charge on any atom is -0.329 e. The average molecular weight is 513 g/mol. The highest BCUT2D eigenvalue weighted by molar-refractivity contribution is 7.89. The van der Waals surface area contributed by atoms with Crippen LogP contribution in [0.25, 0.3) is 10.8 Å². The maximum absolute atomic E-state index is 13.3. The summed E-state index contributed by atoms with van der Waals surface area (Å²) in [6, 6.07) is 10.1. The van der Waals surface area contributed by atoms with Gasteiger partial charge in [-0.3, -0.25) is 14.6 Å². The molecule has 2 amide bonds. The molecule has 0 radical (unpaired) electrons. The maximum atomic E-state index is 13.3. The second kappa shape index (κ2) is 9.22. The second-order valence-electron chi connectivity index (χ2n) is 8.92. The lowest BCUT2D eigenvalue weighted by atomic mass is 10.0. The zero-order chi connectivity index (χ0) is 24.7. The van der Waals surface area contributed by atoms with Crippen molar-refractivity contribution in [1.82, 2.24) is 14.6 Å². The largest absolute Gasteiger partial charge is 0.329 e. The van der Waals surface area contributed by atoms with Crippen molar-refractivity contribution in [3.63, 3.8) is 0 Å². The molecule has 0 bridgehead atoms. The molecular formula is C25H25ClN4O4S. The fraction of sp³-hybridized carbons (Fsp3) is 0.320. The summed E-state index contributed by atoms with van der Waals surface area (Å²) in [4.78, 5) is 33.8. The van der Waals surface area contributed by atoms with Gasteiger partial charge in [-0.05, 0) is 72.9 Å². The number of benzene rings is 2. The molecule has 2 aliphatic heterocycles. The Labute approximate surface area is 208 Å². The molecule has 0 saturated carbocycles. The predicted octanol–water partition coefficient (Wildman–Crippen LogP) is 3.14. The van der Waals surface area contributed by atoms with E-state index in [2.05, 4.69) is 9.71 Å². The molecular weight excluding hydrogens is 488 g/mol. The molecule has 2 aliphatic rings. The molecule has 1 fully saturated rings. The molecule has 35 heavy (non-hydrogen) atoms. The van der Waals surface area contributed by atoms with E-state index in [-0.39, 0.29) is 10.8 Å². The zero-order valence-electron chi connectivity index (χ0n) is 19.1. The van der Waals surface area contributed by atoms with Gasteiger partial charge in [-0.15, -0.1) is 0 Å². The zero-order valence-corrected chi connectivity index (χ0v) is 20.7. The molecule has 5 rings (SSSR count). The van der Waals surface area contributed by atoms with Crippen LogP contribution >= 0.6 is 11.6 Å². The SMILES string of the molecule is C[C@@H](C(=O)N1CCCc2cnccc21)N1CC[C@H](NS(=O)(=O)c2ccc3cc(Cl)ccc3c2)C1=O. The van der Waals surface area contributed by atoms with Gasteiger partial charge in [0, 0.05) is 36.2 Å². The van der Waals surface area contributed by atoms with Crippen LogP contribution in [0.1, 0.15) is 25.3 Å². The number of pyridine rings is 1. The Bertz CT molecular complexity index is 1430. The Morgan fingerprint density at radius 2 is 1.91 bits per heavy atom. The third-order valence-electron chi connectivity index (χ3n) is 6.71. The Morgan fingerprint density at radius 1 is 1.14 bits per heavy atom. The van der Waals surface area contributed by atoms with E-state index in [1.165, 1.54) is 11.0 Å². The van der Waals surface area contributed by atoms with Crippen LogP contribution in [0.4, 0.5) is 5.69 Å². The van der Waals surface area contributed by atoms with Crippen LogP contribution in [-0.4, -0.2) is 55.3 Å². The molecule has 1 saturated heterocycles. The van der Waals surface area contributed by atoms with Crippen molar-refractivity contribution in [2.75, 3.05) is 18.0 Å². The molecule has 2 atom stereocenters. The van der Waals surface area contributed by atoms with Crippen LogP contribution in [0.3, 0.4) is 0 Å². The fourth-order valence-electron chi connectivity index (χ4n) is 4.82. The molecule has 182 valence electrons. The minimum atomic E-state index is -3.94. The molecule has 0 unspecified atom stereocenters. The summed E-state index contributed by atoms with van der Waals surface area (Å²) in [5, 5.41) is 2.12. The molecule has 1 N–H and O–H groups in total. The first-order valence-corrected chi connectivity index (χ1v) is 13.4. The van der Waals surface area contributed by atoms with Gasteiger partial charge >= 0.3 is 0 Å². The summed E-state index contributed by atoms with van der Waals surface area (Å²) in [6.45, 7) is 2.57. The number of carbonyl (C=O) groups excluding carboxylic acids is 2. The molecule has 0 spiro atoms. The summed E-state index contributed by atoms with van der Waals surface area (Å²) in [5.74, 6) is -0.573. The lowest BCUT2D eigenvalue weighted by Gasteiger charge is -2.34. The van der Waals surface area contributed by atoms with Crippen molar-refractivity contribution in [2.24, 2.45) is 0 Å². The van der Waals surface area contributed by atoms with Gasteiger partial charge in [0.05, 0.1) is 4.90 Å². The van der Waals surface area contributed by atoms with E-state index in [1.807, 2.05) is 6.07 Å². The van der Waals surface area contributed by atoms with Gasteiger partial charge < -0.3 is 9.80 Å². The summed E-state index contributed by atoms with van der Waals surface area (Å²) < 4.78 is 28.6. The Morgan fingerprint density at radius 3 is 2.74 bits per heavy atom. The number of carbonyl (C=O) groups is 2.